The van der Waals surface area contributed by atoms with Gasteiger partial charge in [-0.15, -0.1) is 0 Å². The van der Waals surface area contributed by atoms with Gasteiger partial charge in [-0.3, -0.25) is 9.59 Å². The number of ether oxygens (including phenoxy) is 1. The molecule has 2 aliphatic rings. The van der Waals surface area contributed by atoms with Crippen molar-refractivity contribution in [1.29, 1.82) is 0 Å². The summed E-state index contributed by atoms with van der Waals surface area (Å²) >= 11 is 0. The van der Waals surface area contributed by atoms with Crippen LogP contribution in [0.15, 0.2) is 30.3 Å². The highest BCUT2D eigenvalue weighted by Crippen LogP contribution is 2.37. The Labute approximate surface area is 142 Å². The first-order valence-electron chi connectivity index (χ1n) is 8.76. The number of likely N-dealkylation sites (tertiary alicyclic amines) is 1. The number of carboxylic acid groups (broad SMARTS) is 1. The van der Waals surface area contributed by atoms with Crippen molar-refractivity contribution in [3.63, 3.8) is 0 Å². The molecule has 1 aromatic rings. The number of hydrogen-bond acceptors (Lipinski definition) is 3. The molecule has 0 aromatic heterocycles. The molecule has 1 aromatic carbocycles. The minimum absolute atomic E-state index is 0.186. The molecule has 1 N–H and O–H groups in total. The summed E-state index contributed by atoms with van der Waals surface area (Å²) in [6.07, 6.45) is 3.19. The van der Waals surface area contributed by atoms with E-state index in [0.717, 1.165) is 18.4 Å². The van der Waals surface area contributed by atoms with E-state index in [2.05, 4.69) is 0 Å². The maximum atomic E-state index is 13.4. The molecule has 130 valence electrons. The van der Waals surface area contributed by atoms with Gasteiger partial charge in [0.2, 0.25) is 5.91 Å². The molecular weight excluding hydrogens is 306 g/mol. The van der Waals surface area contributed by atoms with Gasteiger partial charge in [0.15, 0.2) is 0 Å². The van der Waals surface area contributed by atoms with Crippen molar-refractivity contribution < 1.29 is 19.4 Å². The van der Waals surface area contributed by atoms with E-state index < -0.39 is 11.4 Å². The number of carboxylic acids is 1. The molecule has 0 unspecified atom stereocenters. The normalized spacial score (nSPS) is 21.4. The van der Waals surface area contributed by atoms with Gasteiger partial charge in [0.05, 0.1) is 5.41 Å². The Balaban J connectivity index is 1.75. The summed E-state index contributed by atoms with van der Waals surface area (Å²) in [5.74, 6) is -0.371. The van der Waals surface area contributed by atoms with Crippen LogP contribution in [0.5, 0.6) is 0 Å². The highest BCUT2D eigenvalue weighted by atomic mass is 16.5. The van der Waals surface area contributed by atoms with Gasteiger partial charge in [0, 0.05) is 32.7 Å². The van der Waals surface area contributed by atoms with Gasteiger partial charge < -0.3 is 14.7 Å². The molecule has 2 saturated heterocycles. The first kappa shape index (κ1) is 17.0. The lowest BCUT2D eigenvalue weighted by Gasteiger charge is -2.42. The van der Waals surface area contributed by atoms with Crippen LogP contribution in [0.2, 0.25) is 0 Å². The third-order valence-electron chi connectivity index (χ3n) is 5.45. The molecule has 0 saturated carbocycles. The Morgan fingerprint density at radius 2 is 1.75 bits per heavy atom. The number of aliphatic carboxylic acids is 1. The second-order valence-electron chi connectivity index (χ2n) is 6.89. The van der Waals surface area contributed by atoms with Crippen LogP contribution in [-0.2, 0) is 19.7 Å². The number of hydrogen-bond donors (Lipinski definition) is 1. The van der Waals surface area contributed by atoms with E-state index >= 15 is 0 Å². The molecule has 2 aliphatic heterocycles. The van der Waals surface area contributed by atoms with Crippen molar-refractivity contribution in [2.24, 2.45) is 5.92 Å². The Morgan fingerprint density at radius 3 is 2.33 bits per heavy atom. The number of carbonyl (C=O) groups is 2. The highest BCUT2D eigenvalue weighted by Gasteiger charge is 2.44. The molecule has 3 rings (SSSR count). The summed E-state index contributed by atoms with van der Waals surface area (Å²) in [4.78, 5) is 26.2. The van der Waals surface area contributed by atoms with Crippen LogP contribution in [0.4, 0.5) is 0 Å². The summed E-state index contributed by atoms with van der Waals surface area (Å²) in [5, 5.41) is 8.94. The molecule has 24 heavy (non-hydrogen) atoms. The molecule has 1 amide bonds. The Kier molecular flexibility index (Phi) is 5.19. The Bertz CT molecular complexity index is 572. The molecule has 0 aliphatic carbocycles. The van der Waals surface area contributed by atoms with Crippen molar-refractivity contribution in [3.8, 4) is 0 Å². The van der Waals surface area contributed by atoms with E-state index in [-0.39, 0.29) is 18.2 Å². The fourth-order valence-electron chi connectivity index (χ4n) is 3.99. The lowest BCUT2D eigenvalue weighted by molar-refractivity contribution is -0.143. The summed E-state index contributed by atoms with van der Waals surface area (Å²) in [6, 6.07) is 10.0. The number of nitrogens with zero attached hydrogens (tertiary/aromatic N) is 1. The van der Waals surface area contributed by atoms with Crippen LogP contribution >= 0.6 is 0 Å². The van der Waals surface area contributed by atoms with Crippen LogP contribution in [0.3, 0.4) is 0 Å². The van der Waals surface area contributed by atoms with Crippen LogP contribution in [-0.4, -0.2) is 48.2 Å². The van der Waals surface area contributed by atoms with Crippen molar-refractivity contribution in [2.45, 2.75) is 37.5 Å². The molecule has 2 heterocycles. The van der Waals surface area contributed by atoms with Crippen LogP contribution in [0.25, 0.3) is 0 Å². The number of carbonyl (C=O) groups excluding carboxylic acids is 1. The van der Waals surface area contributed by atoms with E-state index in [9.17, 15) is 9.59 Å². The lowest BCUT2D eigenvalue weighted by atomic mass is 9.72. The fourth-order valence-corrected chi connectivity index (χ4v) is 3.99. The van der Waals surface area contributed by atoms with Gasteiger partial charge in [0.25, 0.3) is 0 Å². The van der Waals surface area contributed by atoms with Crippen molar-refractivity contribution in [1.82, 2.24) is 4.90 Å². The molecular formula is C19H25NO4. The molecule has 0 spiro atoms. The first-order chi connectivity index (χ1) is 11.6. The number of rotatable bonds is 4. The van der Waals surface area contributed by atoms with Crippen LogP contribution < -0.4 is 0 Å². The third-order valence-corrected chi connectivity index (χ3v) is 5.45. The standard InChI is InChI=1S/C19H25NO4/c21-17(22)14-15-6-10-20(11-7-15)18(23)19(8-12-24-13-9-19)16-4-2-1-3-5-16/h1-5,15H,6-14H2,(H,21,22). The number of piperidine rings is 1. The molecule has 0 bridgehead atoms. The van der Waals surface area contributed by atoms with Crippen LogP contribution in [0.1, 0.15) is 37.7 Å². The number of amides is 1. The summed E-state index contributed by atoms with van der Waals surface area (Å²) in [7, 11) is 0. The molecule has 5 heteroatoms. The average Bonchev–Trinajstić information content (AvgIpc) is 2.62. The zero-order valence-corrected chi connectivity index (χ0v) is 13.9. The van der Waals surface area contributed by atoms with E-state index in [4.69, 9.17) is 9.84 Å². The Morgan fingerprint density at radius 1 is 1.12 bits per heavy atom. The smallest absolute Gasteiger partial charge is 0.303 e. The van der Waals surface area contributed by atoms with E-state index in [0.29, 0.717) is 39.1 Å². The molecule has 0 atom stereocenters. The van der Waals surface area contributed by atoms with Gasteiger partial charge in [-0.25, -0.2) is 0 Å². The van der Waals surface area contributed by atoms with Crippen molar-refractivity contribution in [3.05, 3.63) is 35.9 Å². The maximum Gasteiger partial charge on any atom is 0.303 e. The lowest BCUT2D eigenvalue weighted by Crippen LogP contribution is -2.52. The van der Waals surface area contributed by atoms with E-state index in [1.807, 2.05) is 35.2 Å². The predicted octanol–water partition coefficient (Wildman–Crippen LogP) is 2.45. The average molecular weight is 331 g/mol. The van der Waals surface area contributed by atoms with Gasteiger partial charge in [0.1, 0.15) is 0 Å². The Hall–Kier alpha value is -1.88. The summed E-state index contributed by atoms with van der Waals surface area (Å²) in [6.45, 7) is 2.53. The minimum atomic E-state index is -0.745. The third kappa shape index (κ3) is 3.46. The van der Waals surface area contributed by atoms with Crippen LogP contribution in [0, 0.1) is 5.92 Å². The summed E-state index contributed by atoms with van der Waals surface area (Å²) < 4.78 is 5.51. The number of benzene rings is 1. The van der Waals surface area contributed by atoms with Gasteiger partial charge in [-0.1, -0.05) is 30.3 Å². The zero-order valence-electron chi connectivity index (χ0n) is 13.9. The molecule has 2 fully saturated rings. The topological polar surface area (TPSA) is 66.8 Å². The SMILES string of the molecule is O=C(O)CC1CCN(C(=O)C2(c3ccccc3)CCOCC2)CC1. The quantitative estimate of drug-likeness (QED) is 0.920. The molecule has 0 radical (unpaired) electrons. The van der Waals surface area contributed by atoms with E-state index in [1.165, 1.54) is 0 Å². The molecule has 5 nitrogen and oxygen atoms in total. The van der Waals surface area contributed by atoms with Crippen molar-refractivity contribution >= 4 is 11.9 Å². The van der Waals surface area contributed by atoms with E-state index in [1.54, 1.807) is 0 Å². The minimum Gasteiger partial charge on any atom is -0.481 e. The largest absolute Gasteiger partial charge is 0.481 e. The first-order valence-corrected chi connectivity index (χ1v) is 8.76. The van der Waals surface area contributed by atoms with Gasteiger partial charge >= 0.3 is 5.97 Å². The van der Waals surface area contributed by atoms with Gasteiger partial charge in [-0.2, -0.15) is 0 Å². The highest BCUT2D eigenvalue weighted by molar-refractivity contribution is 5.88. The fraction of sp³-hybridized carbons (Fsp3) is 0.579. The summed E-state index contributed by atoms with van der Waals surface area (Å²) in [5.41, 5.74) is 0.588. The monoisotopic (exact) mass is 331 g/mol. The maximum absolute atomic E-state index is 13.4. The second-order valence-corrected chi connectivity index (χ2v) is 6.89. The van der Waals surface area contributed by atoms with Gasteiger partial charge in [-0.05, 0) is 37.2 Å². The predicted molar refractivity (Wildman–Crippen MR) is 89.7 cm³/mol. The second kappa shape index (κ2) is 7.34. The van der Waals surface area contributed by atoms with Crippen molar-refractivity contribution in [2.75, 3.05) is 26.3 Å². The zero-order chi connectivity index (χ0) is 17.0.